The van der Waals surface area contributed by atoms with Crippen LogP contribution < -0.4 is 11.2 Å². The van der Waals surface area contributed by atoms with Crippen molar-refractivity contribution >= 4 is 16.9 Å². The number of pyridine rings is 1. The molecule has 30 heavy (non-hydrogen) atoms. The summed E-state index contributed by atoms with van der Waals surface area (Å²) in [5.41, 5.74) is 0.679. The fourth-order valence-electron chi connectivity index (χ4n) is 3.87. The van der Waals surface area contributed by atoms with Crippen molar-refractivity contribution in [3.63, 3.8) is 0 Å². The number of hydrogen-bond donors (Lipinski definition) is 0. The summed E-state index contributed by atoms with van der Waals surface area (Å²) in [5, 5.41) is 0. The predicted molar refractivity (Wildman–Crippen MR) is 118 cm³/mol. The summed E-state index contributed by atoms with van der Waals surface area (Å²) < 4.78 is 2.56. The molecule has 0 aliphatic heterocycles. The summed E-state index contributed by atoms with van der Waals surface area (Å²) in [7, 11) is 0. The maximum absolute atomic E-state index is 13.3. The zero-order valence-electron chi connectivity index (χ0n) is 17.9. The second-order valence-corrected chi connectivity index (χ2v) is 7.92. The van der Waals surface area contributed by atoms with E-state index in [9.17, 15) is 14.4 Å². The van der Waals surface area contributed by atoms with E-state index in [0.717, 1.165) is 5.56 Å². The molecule has 0 aliphatic carbocycles. The van der Waals surface area contributed by atoms with E-state index in [1.165, 1.54) is 15.3 Å². The Hall–Kier alpha value is -3.22. The molecule has 0 saturated heterocycles. The van der Waals surface area contributed by atoms with Crippen LogP contribution in [0.3, 0.4) is 0 Å². The van der Waals surface area contributed by atoms with Crippen molar-refractivity contribution in [1.82, 2.24) is 19.0 Å². The van der Waals surface area contributed by atoms with Crippen LogP contribution in [0.4, 0.5) is 0 Å². The molecule has 3 rings (SSSR count). The van der Waals surface area contributed by atoms with Crippen LogP contribution >= 0.6 is 0 Å². The molecule has 0 atom stereocenters. The van der Waals surface area contributed by atoms with Gasteiger partial charge in [0.05, 0.1) is 5.52 Å². The summed E-state index contributed by atoms with van der Waals surface area (Å²) in [5.74, 6) is -0.166. The van der Waals surface area contributed by atoms with Gasteiger partial charge in [-0.2, -0.15) is 0 Å². The third kappa shape index (κ3) is 4.35. The summed E-state index contributed by atoms with van der Waals surface area (Å²) in [6, 6.07) is 13.0. The lowest BCUT2D eigenvalue weighted by Gasteiger charge is -2.31. The lowest BCUT2D eigenvalue weighted by atomic mass is 10.1. The first-order chi connectivity index (χ1) is 14.3. The Labute approximate surface area is 175 Å². The van der Waals surface area contributed by atoms with Gasteiger partial charge in [-0.05, 0) is 51.8 Å². The van der Waals surface area contributed by atoms with Crippen molar-refractivity contribution in [2.24, 2.45) is 0 Å². The Morgan fingerprint density at radius 2 is 1.63 bits per heavy atom. The molecule has 1 aromatic carbocycles. The Morgan fingerprint density at radius 1 is 0.967 bits per heavy atom. The SMILES string of the molecule is CC(C)N(C(=O)Cn1c(=O)n(CCc2ccccc2)c(=O)c2ncccc21)C(C)C. The number of nitrogens with zero attached hydrogens (tertiary/aromatic N) is 4. The topological polar surface area (TPSA) is 77.2 Å². The first kappa shape index (κ1) is 21.5. The van der Waals surface area contributed by atoms with E-state index in [1.807, 2.05) is 58.0 Å². The van der Waals surface area contributed by atoms with Gasteiger partial charge >= 0.3 is 5.69 Å². The Balaban J connectivity index is 2.06. The highest BCUT2D eigenvalue weighted by atomic mass is 16.2. The Morgan fingerprint density at radius 3 is 2.27 bits per heavy atom. The third-order valence-electron chi connectivity index (χ3n) is 5.15. The first-order valence-corrected chi connectivity index (χ1v) is 10.2. The molecular weight excluding hydrogens is 380 g/mol. The molecule has 0 radical (unpaired) electrons. The second-order valence-electron chi connectivity index (χ2n) is 7.92. The summed E-state index contributed by atoms with van der Waals surface area (Å²) in [6.07, 6.45) is 2.06. The van der Waals surface area contributed by atoms with E-state index in [0.29, 0.717) is 11.9 Å². The summed E-state index contributed by atoms with van der Waals surface area (Å²) >= 11 is 0. The highest BCUT2D eigenvalue weighted by Crippen LogP contribution is 2.10. The second kappa shape index (κ2) is 9.07. The number of amides is 1. The van der Waals surface area contributed by atoms with Crippen molar-refractivity contribution < 1.29 is 4.79 Å². The molecule has 3 aromatic rings. The number of rotatable bonds is 7. The zero-order chi connectivity index (χ0) is 21.8. The number of aryl methyl sites for hydroxylation is 1. The number of aromatic nitrogens is 3. The van der Waals surface area contributed by atoms with Gasteiger partial charge in [0.15, 0.2) is 5.52 Å². The van der Waals surface area contributed by atoms with E-state index in [1.54, 1.807) is 17.0 Å². The molecule has 0 N–H and O–H groups in total. The van der Waals surface area contributed by atoms with E-state index in [-0.39, 0.29) is 36.6 Å². The van der Waals surface area contributed by atoms with Gasteiger partial charge in [-0.25, -0.2) is 9.78 Å². The van der Waals surface area contributed by atoms with E-state index >= 15 is 0 Å². The van der Waals surface area contributed by atoms with Gasteiger partial charge in [0, 0.05) is 24.8 Å². The lowest BCUT2D eigenvalue weighted by molar-refractivity contribution is -0.135. The van der Waals surface area contributed by atoms with Crippen LogP contribution in [0.1, 0.15) is 33.3 Å². The number of carbonyl (C=O) groups is 1. The van der Waals surface area contributed by atoms with Crippen LogP contribution in [-0.4, -0.2) is 37.0 Å². The summed E-state index contributed by atoms with van der Waals surface area (Å²) in [4.78, 5) is 45.2. The van der Waals surface area contributed by atoms with Gasteiger partial charge in [-0.15, -0.1) is 0 Å². The molecule has 0 aliphatic rings. The van der Waals surface area contributed by atoms with Crippen LogP contribution in [-0.2, 0) is 24.3 Å². The minimum Gasteiger partial charge on any atom is -0.336 e. The van der Waals surface area contributed by atoms with Crippen LogP contribution in [0.5, 0.6) is 0 Å². The van der Waals surface area contributed by atoms with Crippen LogP contribution in [0.2, 0.25) is 0 Å². The van der Waals surface area contributed by atoms with Crippen molar-refractivity contribution in [2.75, 3.05) is 0 Å². The van der Waals surface area contributed by atoms with Gasteiger partial charge in [0.25, 0.3) is 5.56 Å². The average molecular weight is 409 g/mol. The molecule has 1 amide bonds. The van der Waals surface area contributed by atoms with Gasteiger partial charge in [0.1, 0.15) is 6.54 Å². The molecule has 0 bridgehead atoms. The smallest absolute Gasteiger partial charge is 0.332 e. The molecular formula is C23H28N4O3. The fourth-order valence-corrected chi connectivity index (χ4v) is 3.87. The highest BCUT2D eigenvalue weighted by Gasteiger charge is 2.23. The normalized spacial score (nSPS) is 11.4. The van der Waals surface area contributed by atoms with Crippen LogP contribution in [0.25, 0.3) is 11.0 Å². The van der Waals surface area contributed by atoms with Gasteiger partial charge in [-0.1, -0.05) is 30.3 Å². The Kier molecular flexibility index (Phi) is 6.50. The first-order valence-electron chi connectivity index (χ1n) is 10.2. The zero-order valence-corrected chi connectivity index (χ0v) is 17.9. The number of fused-ring (bicyclic) bond motifs is 1. The minimum absolute atomic E-state index is 0.00146. The monoisotopic (exact) mass is 408 g/mol. The van der Waals surface area contributed by atoms with Gasteiger partial charge in [-0.3, -0.25) is 18.7 Å². The highest BCUT2D eigenvalue weighted by molar-refractivity contribution is 5.80. The Bertz CT molecular complexity index is 1140. The number of benzene rings is 1. The van der Waals surface area contributed by atoms with Crippen molar-refractivity contribution in [2.45, 2.75) is 59.3 Å². The van der Waals surface area contributed by atoms with Crippen molar-refractivity contribution in [1.29, 1.82) is 0 Å². The maximum Gasteiger partial charge on any atom is 0.332 e. The van der Waals surface area contributed by atoms with E-state index in [2.05, 4.69) is 4.98 Å². The van der Waals surface area contributed by atoms with Gasteiger partial charge in [0.2, 0.25) is 5.91 Å². The number of carbonyl (C=O) groups excluding carboxylic acids is 1. The molecule has 7 heteroatoms. The quantitative estimate of drug-likeness (QED) is 0.602. The molecule has 158 valence electrons. The molecule has 0 spiro atoms. The van der Waals surface area contributed by atoms with Crippen LogP contribution in [0, 0.1) is 0 Å². The third-order valence-corrected chi connectivity index (χ3v) is 5.15. The molecule has 2 heterocycles. The summed E-state index contributed by atoms with van der Waals surface area (Å²) in [6.45, 7) is 7.87. The molecule has 0 fully saturated rings. The van der Waals surface area contributed by atoms with Crippen molar-refractivity contribution in [3.05, 3.63) is 75.1 Å². The maximum atomic E-state index is 13.3. The molecule has 7 nitrogen and oxygen atoms in total. The number of hydrogen-bond acceptors (Lipinski definition) is 4. The van der Waals surface area contributed by atoms with Gasteiger partial charge < -0.3 is 4.90 Å². The fraction of sp³-hybridized carbons (Fsp3) is 0.391. The molecule has 0 unspecified atom stereocenters. The molecule has 0 saturated carbocycles. The average Bonchev–Trinajstić information content (AvgIpc) is 2.71. The van der Waals surface area contributed by atoms with E-state index in [4.69, 9.17) is 0 Å². The predicted octanol–water partition coefficient (Wildman–Crippen LogP) is 2.45. The molecule has 2 aromatic heterocycles. The van der Waals surface area contributed by atoms with Crippen LogP contribution in [0.15, 0.2) is 58.3 Å². The van der Waals surface area contributed by atoms with Crippen molar-refractivity contribution in [3.8, 4) is 0 Å². The standard InChI is InChI=1S/C23H28N4O3/c1-16(2)27(17(3)4)20(28)15-26-19-11-8-13-24-21(19)22(29)25(23(26)30)14-12-18-9-6-5-7-10-18/h5-11,13,16-17H,12,14-15H2,1-4H3. The van der Waals surface area contributed by atoms with E-state index < -0.39 is 11.2 Å². The minimum atomic E-state index is -0.489. The largest absolute Gasteiger partial charge is 0.336 e. The lowest BCUT2D eigenvalue weighted by Crippen LogP contribution is -2.47.